The van der Waals surface area contributed by atoms with E-state index in [1.807, 2.05) is 55.5 Å². The van der Waals surface area contributed by atoms with Crippen molar-refractivity contribution in [3.63, 3.8) is 0 Å². The Balaban J connectivity index is 1.50. The molecule has 0 radical (unpaired) electrons. The molecule has 0 aliphatic carbocycles. The van der Waals surface area contributed by atoms with E-state index in [0.29, 0.717) is 0 Å². The number of nitrogens with one attached hydrogen (secondary N) is 1. The molecule has 0 bridgehead atoms. The van der Waals surface area contributed by atoms with Crippen LogP contribution in [0.5, 0.6) is 0 Å². The third kappa shape index (κ3) is 4.08. The van der Waals surface area contributed by atoms with Gasteiger partial charge in [-0.1, -0.05) is 97.1 Å². The first-order valence-electron chi connectivity index (χ1n) is 10.9. The van der Waals surface area contributed by atoms with E-state index in [0.717, 1.165) is 33.8 Å². The first kappa shape index (κ1) is 20.9. The molecule has 4 heteroatoms. The molecule has 1 aromatic heterocycles. The Bertz CT molecular complexity index is 1320. The fourth-order valence-electron chi connectivity index (χ4n) is 4.15. The highest BCUT2D eigenvalue weighted by Crippen LogP contribution is 2.38. The molecule has 4 aromatic carbocycles. The molecule has 5 aromatic rings. The van der Waals surface area contributed by atoms with Gasteiger partial charge in [-0.15, -0.1) is 0 Å². The van der Waals surface area contributed by atoms with E-state index in [-0.39, 0.29) is 6.04 Å². The molecule has 0 fully saturated rings. The average molecular weight is 439 g/mol. The van der Waals surface area contributed by atoms with Crippen LogP contribution in [0.3, 0.4) is 0 Å². The first-order chi connectivity index (χ1) is 15.7. The SMILES string of the molecule is C[C@H](NC[P@@](c1ccccc1)c1cccc2c1oc1ccccc12)[C@H](O)c1ccccc1. The average Bonchev–Trinajstić information content (AvgIpc) is 3.24. The molecule has 0 saturated heterocycles. The van der Waals surface area contributed by atoms with Crippen molar-refractivity contribution in [3.05, 3.63) is 109 Å². The third-order valence-electron chi connectivity index (χ3n) is 5.93. The maximum Gasteiger partial charge on any atom is 0.143 e. The summed E-state index contributed by atoms with van der Waals surface area (Å²) in [5.74, 6) is 0. The number of benzene rings is 4. The van der Waals surface area contributed by atoms with Crippen LogP contribution in [-0.4, -0.2) is 17.4 Å². The standard InChI is InChI=1S/C28H26NO2P/c1-20(27(30)21-11-4-2-5-12-21)29-19-32(22-13-6-3-7-14-22)26-18-10-16-24-23-15-8-9-17-25(23)31-28(24)26/h2-18,20,27,29-30H,19H2,1H3/t20-,27-,32-/m0/s1. The van der Waals surface area contributed by atoms with Gasteiger partial charge in [0.2, 0.25) is 0 Å². The highest BCUT2D eigenvalue weighted by Gasteiger charge is 2.22. The van der Waals surface area contributed by atoms with E-state index < -0.39 is 14.0 Å². The van der Waals surface area contributed by atoms with Crippen LogP contribution in [-0.2, 0) is 0 Å². The minimum atomic E-state index is -0.730. The molecule has 0 spiro atoms. The lowest BCUT2D eigenvalue weighted by molar-refractivity contribution is 0.139. The molecule has 0 aliphatic rings. The summed E-state index contributed by atoms with van der Waals surface area (Å²) in [5, 5.41) is 19.2. The Kier molecular flexibility index (Phi) is 6.05. The van der Waals surface area contributed by atoms with Crippen molar-refractivity contribution < 1.29 is 9.52 Å². The van der Waals surface area contributed by atoms with Crippen molar-refractivity contribution in [2.75, 3.05) is 6.29 Å². The maximum absolute atomic E-state index is 10.8. The Labute approximate surface area is 189 Å². The van der Waals surface area contributed by atoms with Crippen LogP contribution in [0.1, 0.15) is 18.6 Å². The van der Waals surface area contributed by atoms with E-state index in [1.165, 1.54) is 10.6 Å². The molecular formula is C28H26NO2P. The number of aliphatic hydroxyl groups excluding tert-OH is 1. The molecule has 3 nitrogen and oxygen atoms in total. The van der Waals surface area contributed by atoms with Crippen LogP contribution in [0, 0.1) is 0 Å². The predicted molar refractivity (Wildman–Crippen MR) is 135 cm³/mol. The number of rotatable bonds is 7. The number of hydrogen-bond donors (Lipinski definition) is 2. The van der Waals surface area contributed by atoms with E-state index in [2.05, 4.69) is 59.9 Å². The zero-order valence-electron chi connectivity index (χ0n) is 18.0. The lowest BCUT2D eigenvalue weighted by Crippen LogP contribution is -2.34. The van der Waals surface area contributed by atoms with Gasteiger partial charge in [0, 0.05) is 28.4 Å². The summed E-state index contributed by atoms with van der Waals surface area (Å²) in [5.41, 5.74) is 2.80. The summed E-state index contributed by atoms with van der Waals surface area (Å²) in [4.78, 5) is 0. The quantitative estimate of drug-likeness (QED) is 0.320. The van der Waals surface area contributed by atoms with E-state index in [1.54, 1.807) is 0 Å². The van der Waals surface area contributed by atoms with Crippen molar-refractivity contribution >= 4 is 40.5 Å². The fraction of sp³-hybridized carbons (Fsp3) is 0.143. The predicted octanol–water partition coefficient (Wildman–Crippen LogP) is 5.69. The third-order valence-corrected chi connectivity index (χ3v) is 8.28. The summed E-state index contributed by atoms with van der Waals surface area (Å²) in [6, 6.07) is 35.0. The molecule has 2 N–H and O–H groups in total. The summed E-state index contributed by atoms with van der Waals surface area (Å²) >= 11 is 0. The van der Waals surface area contributed by atoms with Crippen LogP contribution in [0.15, 0.2) is 108 Å². The molecule has 5 rings (SSSR count). The number of fused-ring (bicyclic) bond motifs is 3. The fourth-order valence-corrected chi connectivity index (χ4v) is 6.47. The van der Waals surface area contributed by atoms with Crippen LogP contribution in [0.4, 0.5) is 0 Å². The van der Waals surface area contributed by atoms with Crippen LogP contribution >= 0.6 is 7.92 Å². The van der Waals surface area contributed by atoms with Crippen molar-refractivity contribution in [1.29, 1.82) is 0 Å². The van der Waals surface area contributed by atoms with Gasteiger partial charge in [-0.2, -0.15) is 0 Å². The topological polar surface area (TPSA) is 45.4 Å². The molecule has 0 aliphatic heterocycles. The zero-order valence-corrected chi connectivity index (χ0v) is 18.9. The first-order valence-corrected chi connectivity index (χ1v) is 12.4. The van der Waals surface area contributed by atoms with Crippen molar-refractivity contribution in [2.45, 2.75) is 19.1 Å². The lowest BCUT2D eigenvalue weighted by Gasteiger charge is -2.25. The lowest BCUT2D eigenvalue weighted by atomic mass is 10.0. The zero-order chi connectivity index (χ0) is 21.9. The molecule has 0 saturated carbocycles. The van der Waals surface area contributed by atoms with Gasteiger partial charge >= 0.3 is 0 Å². The van der Waals surface area contributed by atoms with Crippen molar-refractivity contribution in [1.82, 2.24) is 5.32 Å². The van der Waals surface area contributed by atoms with Gasteiger partial charge in [-0.25, -0.2) is 0 Å². The highest BCUT2D eigenvalue weighted by molar-refractivity contribution is 7.73. The molecule has 1 heterocycles. The van der Waals surface area contributed by atoms with Crippen LogP contribution < -0.4 is 15.9 Å². The molecule has 160 valence electrons. The van der Waals surface area contributed by atoms with Crippen LogP contribution in [0.25, 0.3) is 21.9 Å². The number of hydrogen-bond acceptors (Lipinski definition) is 3. The van der Waals surface area contributed by atoms with Gasteiger partial charge in [-0.3, -0.25) is 0 Å². The van der Waals surface area contributed by atoms with Gasteiger partial charge in [0.15, 0.2) is 0 Å². The molecule has 3 atom stereocenters. The van der Waals surface area contributed by atoms with Gasteiger partial charge < -0.3 is 14.8 Å². The Morgan fingerprint density at radius 1 is 0.781 bits per heavy atom. The van der Waals surface area contributed by atoms with E-state index >= 15 is 0 Å². The molecular weight excluding hydrogens is 413 g/mol. The molecule has 0 amide bonds. The second kappa shape index (κ2) is 9.26. The largest absolute Gasteiger partial charge is 0.455 e. The van der Waals surface area contributed by atoms with Crippen LogP contribution in [0.2, 0.25) is 0 Å². The van der Waals surface area contributed by atoms with E-state index in [9.17, 15) is 5.11 Å². The summed E-state index contributed by atoms with van der Waals surface area (Å²) in [6.45, 7) is 2.04. The summed E-state index contributed by atoms with van der Waals surface area (Å²) < 4.78 is 6.35. The normalized spacial score (nSPS) is 14.4. The van der Waals surface area contributed by atoms with Gasteiger partial charge in [-0.05, 0) is 31.8 Å². The van der Waals surface area contributed by atoms with Crippen molar-refractivity contribution in [3.8, 4) is 0 Å². The molecule has 0 unspecified atom stereocenters. The van der Waals surface area contributed by atoms with Gasteiger partial charge in [0.05, 0.1) is 6.10 Å². The minimum Gasteiger partial charge on any atom is -0.455 e. The maximum atomic E-state index is 10.8. The summed E-state index contributed by atoms with van der Waals surface area (Å²) in [7, 11) is -0.730. The highest BCUT2D eigenvalue weighted by atomic mass is 31.1. The minimum absolute atomic E-state index is 0.0824. The number of aliphatic hydroxyl groups is 1. The Morgan fingerprint density at radius 2 is 1.44 bits per heavy atom. The van der Waals surface area contributed by atoms with Gasteiger partial charge in [0.25, 0.3) is 0 Å². The Morgan fingerprint density at radius 3 is 2.22 bits per heavy atom. The van der Waals surface area contributed by atoms with Gasteiger partial charge in [0.1, 0.15) is 11.2 Å². The second-order valence-corrected chi connectivity index (χ2v) is 10.2. The number of furan rings is 1. The molecule has 32 heavy (non-hydrogen) atoms. The van der Waals surface area contributed by atoms with E-state index in [4.69, 9.17) is 4.42 Å². The van der Waals surface area contributed by atoms with Crippen molar-refractivity contribution in [2.24, 2.45) is 0 Å². The smallest absolute Gasteiger partial charge is 0.143 e. The number of para-hydroxylation sites is 2. The Hall–Kier alpha value is -2.97. The summed E-state index contributed by atoms with van der Waals surface area (Å²) in [6.07, 6.45) is 0.187. The monoisotopic (exact) mass is 439 g/mol. The second-order valence-electron chi connectivity index (χ2n) is 8.02.